The van der Waals surface area contributed by atoms with Gasteiger partial charge in [-0.3, -0.25) is 14.5 Å². The molecule has 9 nitrogen and oxygen atoms in total. The number of halogens is 1. The molecule has 0 saturated carbocycles. The Kier molecular flexibility index (Phi) is 7.10. The summed E-state index contributed by atoms with van der Waals surface area (Å²) in [4.78, 5) is 28.4. The highest BCUT2D eigenvalue weighted by atomic mass is 19.1. The number of amides is 2. The first-order valence-electron chi connectivity index (χ1n) is 12.5. The average molecular weight is 485 g/mol. The molecule has 0 radical (unpaired) electrons. The zero-order chi connectivity index (χ0) is 24.4. The molecular weight excluding hydrogens is 451 g/mol. The fraction of sp³-hybridized carbons (Fsp3) is 0.600. The van der Waals surface area contributed by atoms with Crippen molar-refractivity contribution in [3.8, 4) is 0 Å². The number of rotatable bonds is 5. The quantitative estimate of drug-likeness (QED) is 0.698. The molecule has 2 saturated heterocycles. The lowest BCUT2D eigenvalue weighted by Gasteiger charge is -2.34. The Labute approximate surface area is 204 Å². The summed E-state index contributed by atoms with van der Waals surface area (Å²) >= 11 is 0. The van der Waals surface area contributed by atoms with Gasteiger partial charge >= 0.3 is 0 Å². The second-order valence-corrected chi connectivity index (χ2v) is 9.86. The molecule has 5 rings (SSSR count). The van der Waals surface area contributed by atoms with E-state index in [1.807, 2.05) is 9.58 Å². The third-order valence-electron chi connectivity index (χ3n) is 7.54. The van der Waals surface area contributed by atoms with Gasteiger partial charge in [0.1, 0.15) is 17.6 Å². The van der Waals surface area contributed by atoms with Crippen molar-refractivity contribution in [2.24, 2.45) is 5.92 Å². The highest BCUT2D eigenvalue weighted by molar-refractivity contribution is 5.79. The molecule has 10 heteroatoms. The maximum absolute atomic E-state index is 13.2. The van der Waals surface area contributed by atoms with E-state index in [-0.39, 0.29) is 35.7 Å². The molecule has 0 aliphatic carbocycles. The summed E-state index contributed by atoms with van der Waals surface area (Å²) in [6.07, 6.45) is 3.14. The van der Waals surface area contributed by atoms with Crippen molar-refractivity contribution in [3.05, 3.63) is 47.0 Å². The summed E-state index contributed by atoms with van der Waals surface area (Å²) in [6.45, 7) is 6.41. The van der Waals surface area contributed by atoms with Crippen LogP contribution in [0, 0.1) is 11.7 Å². The van der Waals surface area contributed by atoms with Crippen molar-refractivity contribution in [3.63, 3.8) is 0 Å². The minimum Gasteiger partial charge on any atom is -0.365 e. The van der Waals surface area contributed by atoms with Gasteiger partial charge < -0.3 is 15.0 Å². The van der Waals surface area contributed by atoms with E-state index in [0.29, 0.717) is 32.8 Å². The minimum absolute atomic E-state index is 0.00510. The van der Waals surface area contributed by atoms with E-state index < -0.39 is 0 Å². The Bertz CT molecular complexity index is 1040. The van der Waals surface area contributed by atoms with E-state index in [1.54, 1.807) is 19.1 Å². The largest absolute Gasteiger partial charge is 0.365 e. The first-order chi connectivity index (χ1) is 17.0. The summed E-state index contributed by atoms with van der Waals surface area (Å²) in [5, 5.41) is 12.0. The molecule has 2 aromatic rings. The molecule has 1 aromatic carbocycles. The molecule has 3 aliphatic heterocycles. The van der Waals surface area contributed by atoms with E-state index in [9.17, 15) is 14.0 Å². The normalized spacial score (nSPS) is 22.1. The Balaban J connectivity index is 1.08. The van der Waals surface area contributed by atoms with Gasteiger partial charge in [-0.05, 0) is 43.4 Å². The summed E-state index contributed by atoms with van der Waals surface area (Å²) in [5.74, 6) is -0.0336. The Hall–Kier alpha value is -2.85. The van der Waals surface area contributed by atoms with Crippen LogP contribution in [0.3, 0.4) is 0 Å². The molecule has 188 valence electrons. The van der Waals surface area contributed by atoms with Gasteiger partial charge in [0, 0.05) is 51.6 Å². The molecule has 0 unspecified atom stereocenters. The van der Waals surface area contributed by atoms with Crippen LogP contribution in [0.25, 0.3) is 0 Å². The predicted octanol–water partition coefficient (Wildman–Crippen LogP) is 2.03. The molecule has 0 bridgehead atoms. The van der Waals surface area contributed by atoms with Gasteiger partial charge in [-0.2, -0.15) is 0 Å². The number of benzene rings is 1. The lowest BCUT2D eigenvalue weighted by Crippen LogP contribution is -2.48. The molecule has 35 heavy (non-hydrogen) atoms. The molecule has 2 amide bonds. The van der Waals surface area contributed by atoms with Crippen LogP contribution < -0.4 is 5.32 Å². The number of ether oxygens (including phenoxy) is 1. The van der Waals surface area contributed by atoms with E-state index in [2.05, 4.69) is 20.5 Å². The number of hydrogen-bond acceptors (Lipinski definition) is 6. The maximum Gasteiger partial charge on any atom is 0.223 e. The van der Waals surface area contributed by atoms with Crippen molar-refractivity contribution in [2.45, 2.75) is 64.4 Å². The summed E-state index contributed by atoms with van der Waals surface area (Å²) in [5.41, 5.74) is 2.86. The van der Waals surface area contributed by atoms with Crippen LogP contribution in [0.2, 0.25) is 0 Å². The van der Waals surface area contributed by atoms with Crippen LogP contribution in [0.15, 0.2) is 24.3 Å². The standard InChI is InChI=1S/C25H33FN6O3/c1-17(33)31-12-6-19(7-13-31)25(34)27-21-8-10-30(11-9-21)14-22-23-16-35-24(15-32(23)29-28-22)18-2-4-20(26)5-3-18/h2-5,19,21,24H,6-16H2,1H3,(H,27,34)/t24-/m1/s1. The third-order valence-corrected chi connectivity index (χ3v) is 7.54. The molecule has 3 aliphatic rings. The maximum atomic E-state index is 13.2. The van der Waals surface area contributed by atoms with Gasteiger partial charge in [0.15, 0.2) is 0 Å². The summed E-state index contributed by atoms with van der Waals surface area (Å²) in [6, 6.07) is 6.59. The van der Waals surface area contributed by atoms with E-state index >= 15 is 0 Å². The fourth-order valence-corrected chi connectivity index (χ4v) is 5.29. The van der Waals surface area contributed by atoms with E-state index in [4.69, 9.17) is 4.74 Å². The predicted molar refractivity (Wildman–Crippen MR) is 125 cm³/mol. The van der Waals surface area contributed by atoms with Crippen LogP contribution >= 0.6 is 0 Å². The number of likely N-dealkylation sites (tertiary alicyclic amines) is 2. The first-order valence-corrected chi connectivity index (χ1v) is 12.5. The number of piperidine rings is 2. The average Bonchev–Trinajstić information content (AvgIpc) is 3.27. The Morgan fingerprint density at radius 3 is 2.49 bits per heavy atom. The van der Waals surface area contributed by atoms with Crippen LogP contribution in [0.1, 0.15) is 55.7 Å². The second kappa shape index (κ2) is 10.4. The zero-order valence-electron chi connectivity index (χ0n) is 20.2. The molecular formula is C25H33FN6O3. The van der Waals surface area contributed by atoms with Crippen LogP contribution in [-0.2, 0) is 34.0 Å². The van der Waals surface area contributed by atoms with Crippen molar-refractivity contribution in [2.75, 3.05) is 26.2 Å². The monoisotopic (exact) mass is 484 g/mol. The zero-order valence-corrected chi connectivity index (χ0v) is 20.2. The number of nitrogens with zero attached hydrogens (tertiary/aromatic N) is 5. The molecule has 1 aromatic heterocycles. The molecule has 4 heterocycles. The lowest BCUT2D eigenvalue weighted by atomic mass is 9.94. The molecule has 1 atom stereocenters. The summed E-state index contributed by atoms with van der Waals surface area (Å²) in [7, 11) is 0. The molecule has 2 fully saturated rings. The number of hydrogen-bond donors (Lipinski definition) is 1. The highest BCUT2D eigenvalue weighted by Crippen LogP contribution is 2.28. The van der Waals surface area contributed by atoms with Gasteiger partial charge in [0.25, 0.3) is 0 Å². The van der Waals surface area contributed by atoms with Gasteiger partial charge in [-0.25, -0.2) is 9.07 Å². The fourth-order valence-electron chi connectivity index (χ4n) is 5.29. The minimum atomic E-state index is -0.258. The van der Waals surface area contributed by atoms with Gasteiger partial charge in [0.05, 0.1) is 18.8 Å². The van der Waals surface area contributed by atoms with Gasteiger partial charge in [0.2, 0.25) is 11.8 Å². The Morgan fingerprint density at radius 2 is 1.80 bits per heavy atom. The second-order valence-electron chi connectivity index (χ2n) is 9.86. The van der Waals surface area contributed by atoms with Gasteiger partial charge in [-0.1, -0.05) is 17.3 Å². The summed E-state index contributed by atoms with van der Waals surface area (Å²) < 4.78 is 21.2. The van der Waals surface area contributed by atoms with Crippen molar-refractivity contribution >= 4 is 11.8 Å². The van der Waals surface area contributed by atoms with Crippen LogP contribution in [0.5, 0.6) is 0 Å². The number of nitrogens with one attached hydrogen (secondary N) is 1. The topological polar surface area (TPSA) is 92.6 Å². The third kappa shape index (κ3) is 5.54. The first kappa shape index (κ1) is 23.9. The number of aromatic nitrogens is 3. The van der Waals surface area contributed by atoms with Crippen molar-refractivity contribution in [1.29, 1.82) is 0 Å². The molecule has 1 N–H and O–H groups in total. The Morgan fingerprint density at radius 1 is 1.09 bits per heavy atom. The SMILES string of the molecule is CC(=O)N1CCC(C(=O)NC2CCN(Cc3nnn4c3CO[C@@H](c3ccc(F)cc3)C4)CC2)CC1. The molecule has 0 spiro atoms. The van der Waals surface area contributed by atoms with E-state index in [1.165, 1.54) is 12.1 Å². The van der Waals surface area contributed by atoms with Crippen LogP contribution in [0.4, 0.5) is 4.39 Å². The smallest absolute Gasteiger partial charge is 0.223 e. The van der Waals surface area contributed by atoms with Gasteiger partial charge in [-0.15, -0.1) is 5.10 Å². The highest BCUT2D eigenvalue weighted by Gasteiger charge is 2.30. The number of carbonyl (C=O) groups is 2. The lowest BCUT2D eigenvalue weighted by molar-refractivity contribution is -0.134. The number of carbonyl (C=O) groups excluding carboxylic acids is 2. The van der Waals surface area contributed by atoms with E-state index in [0.717, 1.165) is 55.7 Å². The van der Waals surface area contributed by atoms with Crippen LogP contribution in [-0.4, -0.2) is 68.8 Å². The van der Waals surface area contributed by atoms with Crippen molar-refractivity contribution < 1.29 is 18.7 Å². The number of fused-ring (bicyclic) bond motifs is 1. The van der Waals surface area contributed by atoms with Crippen molar-refractivity contribution in [1.82, 2.24) is 30.1 Å².